The molecule has 5 aromatic rings. The second-order valence-electron chi connectivity index (χ2n) is 12.1. The molecule has 0 amide bonds. The van der Waals surface area contributed by atoms with Gasteiger partial charge in [-0.15, -0.1) is 0 Å². The number of nitrogens with one attached hydrogen (secondary N) is 2. The molecule has 1 saturated heterocycles. The summed E-state index contributed by atoms with van der Waals surface area (Å²) < 4.78 is 13.1. The molecule has 46 heavy (non-hydrogen) atoms. The molecule has 4 heterocycles. The number of benzene rings is 2. The number of ether oxygens (including phenoxy) is 1. The fourth-order valence-corrected chi connectivity index (χ4v) is 6.35. The van der Waals surface area contributed by atoms with Gasteiger partial charge in [0.15, 0.2) is 35.1 Å². The average molecular weight is 626 g/mol. The van der Waals surface area contributed by atoms with Crippen LogP contribution < -0.4 is 16.4 Å². The fraction of sp³-hybridized carbons (Fsp3) is 0.424. The van der Waals surface area contributed by atoms with Crippen LogP contribution >= 0.6 is 0 Å². The van der Waals surface area contributed by atoms with E-state index in [1.54, 1.807) is 10.9 Å². The van der Waals surface area contributed by atoms with Crippen molar-refractivity contribution in [2.45, 2.75) is 81.6 Å². The Hall–Kier alpha value is -4.43. The number of imidazole rings is 1. The van der Waals surface area contributed by atoms with Gasteiger partial charge in [-0.3, -0.25) is 4.57 Å². The summed E-state index contributed by atoms with van der Waals surface area (Å²) in [5, 5.41) is 33.1. The molecule has 0 bridgehead atoms. The summed E-state index contributed by atoms with van der Waals surface area (Å²) >= 11 is 0. The average Bonchev–Trinajstić information content (AvgIpc) is 3.81. The zero-order valence-corrected chi connectivity index (χ0v) is 25.6. The van der Waals surface area contributed by atoms with Gasteiger partial charge in [0.2, 0.25) is 5.95 Å². The maximum atomic E-state index is 11.1. The highest BCUT2D eigenvalue weighted by molar-refractivity contribution is 5.84. The first-order valence-corrected chi connectivity index (χ1v) is 15.9. The molecule has 1 aliphatic carbocycles. The summed E-state index contributed by atoms with van der Waals surface area (Å²) in [7, 11) is 0. The van der Waals surface area contributed by atoms with Crippen molar-refractivity contribution in [1.82, 2.24) is 29.7 Å². The van der Waals surface area contributed by atoms with Gasteiger partial charge < -0.3 is 35.8 Å². The molecule has 1 saturated carbocycles. The van der Waals surface area contributed by atoms with Gasteiger partial charge >= 0.3 is 0 Å². The van der Waals surface area contributed by atoms with E-state index in [2.05, 4.69) is 50.0 Å². The second-order valence-corrected chi connectivity index (χ2v) is 12.1. The van der Waals surface area contributed by atoms with Gasteiger partial charge in [0.25, 0.3) is 5.89 Å². The van der Waals surface area contributed by atoms with Gasteiger partial charge in [-0.05, 0) is 36.8 Å². The third-order valence-corrected chi connectivity index (χ3v) is 8.96. The SMILES string of the molecule is CCc1noc([C@H]2O[C@@H](n3cnc4c(NCC(c5ccccc5)c5ccccc5)nc(N[C@H]5CC[C@H](N)CC5)nc43)[C@H](O)[C@@H]2O)n1. The summed E-state index contributed by atoms with van der Waals surface area (Å²) in [5.74, 6) is 1.62. The van der Waals surface area contributed by atoms with Crippen molar-refractivity contribution in [2.75, 3.05) is 17.2 Å². The minimum Gasteiger partial charge on any atom is -0.387 e. The lowest BCUT2D eigenvalue weighted by Gasteiger charge is -2.27. The fourth-order valence-electron chi connectivity index (χ4n) is 6.35. The zero-order valence-electron chi connectivity index (χ0n) is 25.6. The summed E-state index contributed by atoms with van der Waals surface area (Å²) in [6.45, 7) is 2.45. The zero-order chi connectivity index (χ0) is 31.6. The van der Waals surface area contributed by atoms with Crippen LogP contribution in [0, 0.1) is 0 Å². The Balaban J connectivity index is 1.23. The smallest absolute Gasteiger partial charge is 0.258 e. The van der Waals surface area contributed by atoms with Crippen LogP contribution in [-0.2, 0) is 11.2 Å². The van der Waals surface area contributed by atoms with Crippen LogP contribution in [0.3, 0.4) is 0 Å². The number of rotatable bonds is 10. The molecule has 6 N–H and O–H groups in total. The highest BCUT2D eigenvalue weighted by Gasteiger charge is 2.47. The number of nitrogens with two attached hydrogens (primary N) is 1. The highest BCUT2D eigenvalue weighted by atomic mass is 16.6. The van der Waals surface area contributed by atoms with E-state index < -0.39 is 24.5 Å². The molecule has 0 spiro atoms. The van der Waals surface area contributed by atoms with Gasteiger partial charge in [-0.1, -0.05) is 72.7 Å². The second kappa shape index (κ2) is 13.1. The van der Waals surface area contributed by atoms with Crippen molar-refractivity contribution >= 4 is 22.9 Å². The Labute approximate surface area is 266 Å². The molecule has 2 aromatic carbocycles. The minimum atomic E-state index is -1.30. The maximum absolute atomic E-state index is 11.1. The molecule has 0 radical (unpaired) electrons. The highest BCUT2D eigenvalue weighted by Crippen LogP contribution is 2.40. The Kier molecular flexibility index (Phi) is 8.63. The van der Waals surface area contributed by atoms with Crippen molar-refractivity contribution in [3.05, 3.63) is 89.8 Å². The van der Waals surface area contributed by atoms with Crippen LogP contribution in [0.25, 0.3) is 11.2 Å². The Bertz CT molecular complexity index is 1700. The first-order valence-electron chi connectivity index (χ1n) is 15.9. The monoisotopic (exact) mass is 625 g/mol. The molecule has 3 aromatic heterocycles. The van der Waals surface area contributed by atoms with E-state index in [0.717, 1.165) is 25.7 Å². The quantitative estimate of drug-likeness (QED) is 0.152. The lowest BCUT2D eigenvalue weighted by Crippen LogP contribution is -2.33. The first-order chi connectivity index (χ1) is 22.5. The lowest BCUT2D eigenvalue weighted by atomic mass is 9.91. The number of anilines is 2. The van der Waals surface area contributed by atoms with E-state index in [-0.39, 0.29) is 23.9 Å². The van der Waals surface area contributed by atoms with Gasteiger partial charge in [0.05, 0.1) is 6.33 Å². The third kappa shape index (κ3) is 6.06. The normalized spacial score (nSPS) is 24.9. The van der Waals surface area contributed by atoms with E-state index in [4.69, 9.17) is 25.0 Å². The number of fused-ring (bicyclic) bond motifs is 1. The number of aromatic nitrogens is 6. The predicted octanol–water partition coefficient (Wildman–Crippen LogP) is 3.69. The van der Waals surface area contributed by atoms with E-state index in [1.165, 1.54) is 11.1 Å². The van der Waals surface area contributed by atoms with Gasteiger partial charge in [-0.25, -0.2) is 4.98 Å². The number of aliphatic hydroxyl groups excluding tert-OH is 2. The van der Waals surface area contributed by atoms with Crippen LogP contribution in [0.1, 0.15) is 73.7 Å². The molecule has 1 aliphatic heterocycles. The van der Waals surface area contributed by atoms with Crippen LogP contribution in [0.15, 0.2) is 71.5 Å². The van der Waals surface area contributed by atoms with Crippen molar-refractivity contribution in [1.29, 1.82) is 0 Å². The van der Waals surface area contributed by atoms with E-state index in [9.17, 15) is 10.2 Å². The molecule has 13 nitrogen and oxygen atoms in total. The summed E-state index contributed by atoms with van der Waals surface area (Å²) in [6.07, 6.45) is 1.18. The van der Waals surface area contributed by atoms with E-state index >= 15 is 0 Å². The number of hydrogen-bond acceptors (Lipinski definition) is 12. The summed E-state index contributed by atoms with van der Waals surface area (Å²) in [4.78, 5) is 18.7. The molecule has 2 aliphatic rings. The predicted molar refractivity (Wildman–Crippen MR) is 171 cm³/mol. The molecule has 7 rings (SSSR count). The van der Waals surface area contributed by atoms with Crippen molar-refractivity contribution in [3.8, 4) is 0 Å². The van der Waals surface area contributed by atoms with E-state index in [1.807, 2.05) is 43.3 Å². The Morgan fingerprint density at radius 2 is 1.63 bits per heavy atom. The van der Waals surface area contributed by atoms with Crippen molar-refractivity contribution in [3.63, 3.8) is 0 Å². The van der Waals surface area contributed by atoms with E-state index in [0.29, 0.717) is 41.7 Å². The molecule has 13 heteroatoms. The summed E-state index contributed by atoms with van der Waals surface area (Å²) in [6, 6.07) is 21.1. The number of hydrogen-bond donors (Lipinski definition) is 5. The largest absolute Gasteiger partial charge is 0.387 e. The number of aliphatic hydroxyl groups is 2. The third-order valence-electron chi connectivity index (χ3n) is 8.96. The number of aryl methyl sites for hydroxylation is 1. The first kappa shape index (κ1) is 30.2. The molecule has 4 atom stereocenters. The van der Waals surface area contributed by atoms with Crippen molar-refractivity contribution < 1.29 is 19.5 Å². The molecular weight excluding hydrogens is 586 g/mol. The number of nitrogens with zero attached hydrogens (tertiary/aromatic N) is 6. The van der Waals surface area contributed by atoms with Crippen LogP contribution in [0.4, 0.5) is 11.8 Å². The topological polar surface area (TPSA) is 182 Å². The molecule has 2 fully saturated rings. The molecule has 0 unspecified atom stereocenters. The Morgan fingerprint density at radius 1 is 0.935 bits per heavy atom. The van der Waals surface area contributed by atoms with Crippen LogP contribution in [0.5, 0.6) is 0 Å². The summed E-state index contributed by atoms with van der Waals surface area (Å²) in [5.41, 5.74) is 9.46. The van der Waals surface area contributed by atoms with Crippen molar-refractivity contribution in [2.24, 2.45) is 5.73 Å². The molecule has 240 valence electrons. The van der Waals surface area contributed by atoms with Gasteiger partial charge in [-0.2, -0.15) is 15.0 Å². The van der Waals surface area contributed by atoms with Gasteiger partial charge in [0, 0.05) is 31.0 Å². The minimum absolute atomic E-state index is 0.0454. The lowest BCUT2D eigenvalue weighted by molar-refractivity contribution is -0.0451. The van der Waals surface area contributed by atoms with Crippen LogP contribution in [0.2, 0.25) is 0 Å². The maximum Gasteiger partial charge on any atom is 0.258 e. The van der Waals surface area contributed by atoms with Crippen LogP contribution in [-0.4, -0.2) is 70.7 Å². The standard InChI is InChI=1S/C33H39N9O4/c1-2-24-38-31(46-41-24)28-26(43)27(44)32(45-28)42-18-36-25-29(39-33(40-30(25)42)37-22-15-13-21(34)14-16-22)35-17-23(19-9-5-3-6-10-19)20-11-7-4-8-12-20/h3-12,18,21-23,26-28,32,43-44H,2,13-17,34H2,1H3,(H2,35,37,39,40)/t21-,22-,26-,27+,28-,32+/m0/s1. The Morgan fingerprint density at radius 3 is 2.28 bits per heavy atom. The van der Waals surface area contributed by atoms with Gasteiger partial charge in [0.1, 0.15) is 12.2 Å². The molecular formula is C33H39N9O4.